The van der Waals surface area contributed by atoms with Gasteiger partial charge in [0, 0.05) is 17.5 Å². The molecule has 6 nitrogen and oxygen atoms in total. The molecule has 94 valence electrons. The van der Waals surface area contributed by atoms with Crippen LogP contribution in [0.25, 0.3) is 0 Å². The molecule has 1 aliphatic carbocycles. The van der Waals surface area contributed by atoms with Gasteiger partial charge in [-0.25, -0.2) is 5.43 Å². The summed E-state index contributed by atoms with van der Waals surface area (Å²) in [5, 5.41) is 14.5. The highest BCUT2D eigenvalue weighted by molar-refractivity contribution is 6.32. The minimum atomic E-state index is -0.567. The van der Waals surface area contributed by atoms with Crippen molar-refractivity contribution in [2.24, 2.45) is 11.0 Å². The summed E-state index contributed by atoms with van der Waals surface area (Å²) in [4.78, 5) is 21.4. The van der Waals surface area contributed by atoms with Crippen LogP contribution in [0.15, 0.2) is 23.3 Å². The number of rotatable bonds is 4. The number of carbonyl (C=O) groups is 1. The van der Waals surface area contributed by atoms with Gasteiger partial charge in [0.05, 0.1) is 11.1 Å². The summed E-state index contributed by atoms with van der Waals surface area (Å²) < 4.78 is 0. The summed E-state index contributed by atoms with van der Waals surface area (Å²) >= 11 is 5.67. The number of nitrogens with one attached hydrogen (secondary N) is 1. The Morgan fingerprint density at radius 1 is 1.56 bits per heavy atom. The zero-order valence-electron chi connectivity index (χ0n) is 9.30. The van der Waals surface area contributed by atoms with Crippen LogP contribution in [0, 0.1) is 16.0 Å². The van der Waals surface area contributed by atoms with Crippen molar-refractivity contribution >= 4 is 29.4 Å². The molecule has 0 heterocycles. The smallest absolute Gasteiger partial charge is 0.273 e. The van der Waals surface area contributed by atoms with Gasteiger partial charge >= 0.3 is 0 Å². The van der Waals surface area contributed by atoms with E-state index in [1.807, 2.05) is 0 Å². The number of halogens is 1. The monoisotopic (exact) mass is 267 g/mol. The molecule has 1 aromatic carbocycles. The molecule has 1 fully saturated rings. The van der Waals surface area contributed by atoms with Crippen LogP contribution in [0.5, 0.6) is 0 Å². The summed E-state index contributed by atoms with van der Waals surface area (Å²) in [6.07, 6.45) is 3.14. The third-order valence-corrected chi connectivity index (χ3v) is 2.82. The van der Waals surface area contributed by atoms with Crippen molar-refractivity contribution in [3.63, 3.8) is 0 Å². The summed E-state index contributed by atoms with van der Waals surface area (Å²) in [5.41, 5.74) is 2.70. The van der Waals surface area contributed by atoms with Gasteiger partial charge in [-0.3, -0.25) is 14.9 Å². The van der Waals surface area contributed by atoms with E-state index in [4.69, 9.17) is 11.6 Å². The molecule has 0 unspecified atom stereocenters. The highest BCUT2D eigenvalue weighted by Crippen LogP contribution is 2.28. The summed E-state index contributed by atoms with van der Waals surface area (Å²) in [6.45, 7) is 0. The third kappa shape index (κ3) is 3.04. The molecule has 0 saturated heterocycles. The van der Waals surface area contributed by atoms with Gasteiger partial charge in [0.1, 0.15) is 5.02 Å². The lowest BCUT2D eigenvalue weighted by Crippen LogP contribution is -2.18. The number of nitro benzene ring substituents is 1. The van der Waals surface area contributed by atoms with Crippen molar-refractivity contribution < 1.29 is 9.72 Å². The van der Waals surface area contributed by atoms with Crippen molar-refractivity contribution in [2.75, 3.05) is 0 Å². The van der Waals surface area contributed by atoms with E-state index in [1.165, 1.54) is 18.3 Å². The number of nitro groups is 1. The molecular formula is C11H10ClN3O3. The van der Waals surface area contributed by atoms with Crippen LogP contribution in [-0.4, -0.2) is 17.0 Å². The third-order valence-electron chi connectivity index (χ3n) is 2.50. The van der Waals surface area contributed by atoms with Crippen LogP contribution in [-0.2, 0) is 4.79 Å². The Morgan fingerprint density at radius 3 is 2.89 bits per heavy atom. The maximum absolute atomic E-state index is 11.3. The molecule has 0 atom stereocenters. The number of benzene rings is 1. The fourth-order valence-electron chi connectivity index (χ4n) is 1.36. The number of hydrogen-bond acceptors (Lipinski definition) is 4. The van der Waals surface area contributed by atoms with Gasteiger partial charge in [-0.2, -0.15) is 5.10 Å². The SMILES string of the molecule is O=C(N/N=C/c1ccc(Cl)c([N+](=O)[O-])c1)C1CC1. The molecule has 0 bridgehead atoms. The van der Waals surface area contributed by atoms with Crippen molar-refractivity contribution in [1.82, 2.24) is 5.43 Å². The molecule has 1 aliphatic rings. The lowest BCUT2D eigenvalue weighted by atomic mass is 10.2. The molecule has 7 heteroatoms. The number of hydrogen-bond donors (Lipinski definition) is 1. The van der Waals surface area contributed by atoms with E-state index < -0.39 is 4.92 Å². The quantitative estimate of drug-likeness (QED) is 0.515. The van der Waals surface area contributed by atoms with E-state index in [9.17, 15) is 14.9 Å². The first kappa shape index (κ1) is 12.5. The second kappa shape index (κ2) is 5.14. The second-order valence-electron chi connectivity index (χ2n) is 3.98. The topological polar surface area (TPSA) is 84.6 Å². The van der Waals surface area contributed by atoms with Crippen LogP contribution in [0.3, 0.4) is 0 Å². The van der Waals surface area contributed by atoms with Crippen molar-refractivity contribution in [3.8, 4) is 0 Å². The first-order valence-corrected chi connectivity index (χ1v) is 5.72. The molecule has 2 rings (SSSR count). The van der Waals surface area contributed by atoms with E-state index in [0.717, 1.165) is 12.8 Å². The highest BCUT2D eigenvalue weighted by Gasteiger charge is 2.29. The average Bonchev–Trinajstić information content (AvgIpc) is 3.14. The van der Waals surface area contributed by atoms with Crippen molar-refractivity contribution in [2.45, 2.75) is 12.8 Å². The van der Waals surface area contributed by atoms with Crippen LogP contribution < -0.4 is 5.43 Å². The largest absolute Gasteiger partial charge is 0.288 e. The molecule has 0 radical (unpaired) electrons. The fraction of sp³-hybridized carbons (Fsp3) is 0.273. The van der Waals surface area contributed by atoms with Gasteiger partial charge in [0.2, 0.25) is 5.91 Å². The maximum Gasteiger partial charge on any atom is 0.288 e. The molecular weight excluding hydrogens is 258 g/mol. The summed E-state index contributed by atoms with van der Waals surface area (Å²) in [7, 11) is 0. The predicted molar refractivity (Wildman–Crippen MR) is 66.6 cm³/mol. The van der Waals surface area contributed by atoms with Gasteiger partial charge in [-0.15, -0.1) is 0 Å². The number of nitrogens with zero attached hydrogens (tertiary/aromatic N) is 2. The Morgan fingerprint density at radius 2 is 2.28 bits per heavy atom. The second-order valence-corrected chi connectivity index (χ2v) is 4.38. The van der Waals surface area contributed by atoms with Crippen LogP contribution in [0.2, 0.25) is 5.02 Å². The summed E-state index contributed by atoms with van der Waals surface area (Å²) in [5.74, 6) is -0.0450. The molecule has 0 aliphatic heterocycles. The van der Waals surface area contributed by atoms with Crippen molar-refractivity contribution in [1.29, 1.82) is 0 Å². The van der Waals surface area contributed by atoms with Gasteiger partial charge in [-0.1, -0.05) is 17.7 Å². The minimum absolute atomic E-state index is 0.0687. The first-order chi connectivity index (χ1) is 8.58. The first-order valence-electron chi connectivity index (χ1n) is 5.35. The molecule has 1 amide bonds. The maximum atomic E-state index is 11.3. The standard InChI is InChI=1S/C11H10ClN3O3/c12-9-4-1-7(5-10(9)15(17)18)6-13-14-11(16)8-2-3-8/h1,4-6,8H,2-3H2,(H,14,16)/b13-6+. The lowest BCUT2D eigenvalue weighted by Gasteiger charge is -1.98. The zero-order valence-corrected chi connectivity index (χ0v) is 10.1. The average molecular weight is 268 g/mol. The Kier molecular flexibility index (Phi) is 3.57. The van der Waals surface area contributed by atoms with Gasteiger partial charge in [-0.05, 0) is 18.9 Å². The number of carbonyl (C=O) groups excluding carboxylic acids is 1. The minimum Gasteiger partial charge on any atom is -0.273 e. The van der Waals surface area contributed by atoms with Crippen LogP contribution in [0.4, 0.5) is 5.69 Å². The molecule has 18 heavy (non-hydrogen) atoms. The zero-order chi connectivity index (χ0) is 13.1. The van der Waals surface area contributed by atoms with E-state index in [2.05, 4.69) is 10.5 Å². The van der Waals surface area contributed by atoms with Crippen LogP contribution >= 0.6 is 11.6 Å². The lowest BCUT2D eigenvalue weighted by molar-refractivity contribution is -0.384. The van der Waals surface area contributed by atoms with Gasteiger partial charge in [0.25, 0.3) is 5.69 Å². The molecule has 1 N–H and O–H groups in total. The molecule has 1 aromatic rings. The fourth-order valence-corrected chi connectivity index (χ4v) is 1.54. The van der Waals surface area contributed by atoms with Crippen molar-refractivity contribution in [3.05, 3.63) is 38.9 Å². The van der Waals surface area contributed by atoms with Crippen LogP contribution in [0.1, 0.15) is 18.4 Å². The van der Waals surface area contributed by atoms with E-state index >= 15 is 0 Å². The van der Waals surface area contributed by atoms with Gasteiger partial charge < -0.3 is 0 Å². The Labute approximate surface area is 108 Å². The normalized spacial score (nSPS) is 14.7. The summed E-state index contributed by atoms with van der Waals surface area (Å²) in [6, 6.07) is 4.31. The number of amides is 1. The van der Waals surface area contributed by atoms with E-state index in [0.29, 0.717) is 5.56 Å². The molecule has 1 saturated carbocycles. The number of hydrazone groups is 1. The Balaban J connectivity index is 2.04. The highest BCUT2D eigenvalue weighted by atomic mass is 35.5. The Hall–Kier alpha value is -1.95. The molecule has 0 spiro atoms. The Bertz CT molecular complexity index is 526. The van der Waals surface area contributed by atoms with E-state index in [-0.39, 0.29) is 22.5 Å². The molecule has 0 aromatic heterocycles. The van der Waals surface area contributed by atoms with E-state index in [1.54, 1.807) is 6.07 Å². The van der Waals surface area contributed by atoms with Gasteiger partial charge in [0.15, 0.2) is 0 Å². The predicted octanol–water partition coefficient (Wildman–Crippen LogP) is 2.11.